The fourth-order valence-electron chi connectivity index (χ4n) is 2.43. The van der Waals surface area contributed by atoms with E-state index >= 15 is 0 Å². The van der Waals surface area contributed by atoms with Crippen LogP contribution in [0, 0.1) is 23.3 Å². The monoisotopic (exact) mass is 136 g/mol. The van der Waals surface area contributed by atoms with E-state index in [4.69, 9.17) is 5.26 Å². The summed E-state index contributed by atoms with van der Waals surface area (Å²) in [6, 6.07) is 0.593. The van der Waals surface area contributed by atoms with Crippen LogP contribution in [0.15, 0.2) is 0 Å². The number of nitriles is 1. The molecule has 1 saturated carbocycles. The van der Waals surface area contributed by atoms with Gasteiger partial charge in [0.2, 0.25) is 0 Å². The summed E-state index contributed by atoms with van der Waals surface area (Å²) in [5.74, 6) is 1.60. The fourth-order valence-corrected chi connectivity index (χ4v) is 2.43. The van der Waals surface area contributed by atoms with E-state index in [-0.39, 0.29) is 0 Å². The lowest BCUT2D eigenvalue weighted by Gasteiger charge is -2.20. The third-order valence-corrected chi connectivity index (χ3v) is 3.14. The van der Waals surface area contributed by atoms with Crippen molar-refractivity contribution in [1.29, 1.82) is 5.26 Å². The first-order valence-corrected chi connectivity index (χ1v) is 3.99. The Morgan fingerprint density at radius 2 is 2.30 bits per heavy atom. The van der Waals surface area contributed by atoms with Gasteiger partial charge in [0.05, 0.1) is 0 Å². The first kappa shape index (κ1) is 6.03. The zero-order chi connectivity index (χ0) is 7.14. The molecular weight excluding hydrogens is 124 g/mol. The zero-order valence-electron chi connectivity index (χ0n) is 6.25. The second kappa shape index (κ2) is 1.88. The van der Waals surface area contributed by atoms with E-state index in [1.807, 2.05) is 4.90 Å². The molecule has 0 amide bonds. The maximum absolute atomic E-state index is 8.68. The Kier molecular flexibility index (Phi) is 1.14. The maximum atomic E-state index is 8.68. The molecule has 0 N–H and O–H groups in total. The summed E-state index contributed by atoms with van der Waals surface area (Å²) >= 11 is 0. The van der Waals surface area contributed by atoms with Crippen molar-refractivity contribution in [3.63, 3.8) is 0 Å². The van der Waals surface area contributed by atoms with E-state index in [1.54, 1.807) is 0 Å². The molecule has 1 saturated heterocycles. The van der Waals surface area contributed by atoms with Gasteiger partial charge in [0.1, 0.15) is 0 Å². The van der Waals surface area contributed by atoms with Crippen LogP contribution in [0.5, 0.6) is 0 Å². The number of rotatable bonds is 0. The Hall–Kier alpha value is -0.710. The van der Waals surface area contributed by atoms with Crippen LogP contribution in [0.2, 0.25) is 0 Å². The number of hydrogen-bond donors (Lipinski definition) is 0. The van der Waals surface area contributed by atoms with E-state index in [0.29, 0.717) is 6.04 Å². The Balaban J connectivity index is 2.17. The highest BCUT2D eigenvalue weighted by atomic mass is 15.2. The van der Waals surface area contributed by atoms with Crippen LogP contribution in [0.25, 0.3) is 0 Å². The molecule has 2 aliphatic rings. The van der Waals surface area contributed by atoms with Gasteiger partial charge >= 0.3 is 0 Å². The van der Waals surface area contributed by atoms with Gasteiger partial charge in [-0.15, -0.1) is 0 Å². The minimum Gasteiger partial charge on any atom is -0.307 e. The van der Waals surface area contributed by atoms with Gasteiger partial charge in [-0.1, -0.05) is 6.92 Å². The molecule has 2 nitrogen and oxygen atoms in total. The van der Waals surface area contributed by atoms with Gasteiger partial charge in [0.15, 0.2) is 6.19 Å². The molecule has 2 heteroatoms. The second-order valence-corrected chi connectivity index (χ2v) is 3.52. The molecular formula is C8H12N2. The van der Waals surface area contributed by atoms with Crippen LogP contribution in [0.3, 0.4) is 0 Å². The third kappa shape index (κ3) is 0.581. The smallest absolute Gasteiger partial charge is 0.179 e. The summed E-state index contributed by atoms with van der Waals surface area (Å²) in [5.41, 5.74) is 0. The van der Waals surface area contributed by atoms with Crippen molar-refractivity contribution < 1.29 is 0 Å². The molecule has 0 aromatic rings. The summed E-state index contributed by atoms with van der Waals surface area (Å²) in [5, 5.41) is 8.68. The van der Waals surface area contributed by atoms with E-state index in [0.717, 1.165) is 18.4 Å². The lowest BCUT2D eigenvalue weighted by Crippen LogP contribution is -2.27. The van der Waals surface area contributed by atoms with Crippen LogP contribution in [0.1, 0.15) is 19.8 Å². The van der Waals surface area contributed by atoms with Gasteiger partial charge in [-0.25, -0.2) is 0 Å². The summed E-state index contributed by atoms with van der Waals surface area (Å²) < 4.78 is 0. The van der Waals surface area contributed by atoms with Crippen molar-refractivity contribution in [2.24, 2.45) is 11.8 Å². The standard InChI is InChI=1S/C8H12N2/c1-6-7-2-3-8(6)10(4-7)5-9/h6-8H,2-4H2,1H3. The summed E-state index contributed by atoms with van der Waals surface area (Å²) in [6.07, 6.45) is 4.86. The van der Waals surface area contributed by atoms with E-state index in [2.05, 4.69) is 13.1 Å². The van der Waals surface area contributed by atoms with Gasteiger partial charge in [-0.2, -0.15) is 5.26 Å². The predicted octanol–water partition coefficient (Wildman–Crippen LogP) is 1.20. The van der Waals surface area contributed by atoms with Gasteiger partial charge < -0.3 is 4.90 Å². The minimum atomic E-state index is 0.593. The maximum Gasteiger partial charge on any atom is 0.179 e. The van der Waals surface area contributed by atoms with Gasteiger partial charge in [0.25, 0.3) is 0 Å². The van der Waals surface area contributed by atoms with Crippen LogP contribution in [-0.4, -0.2) is 17.5 Å². The van der Waals surface area contributed by atoms with Gasteiger partial charge in [-0.05, 0) is 24.7 Å². The molecule has 1 heterocycles. The first-order chi connectivity index (χ1) is 4.83. The number of hydrogen-bond acceptors (Lipinski definition) is 2. The Morgan fingerprint density at radius 3 is 2.60 bits per heavy atom. The van der Waals surface area contributed by atoms with Gasteiger partial charge in [0, 0.05) is 12.6 Å². The third-order valence-electron chi connectivity index (χ3n) is 3.14. The number of fused-ring (bicyclic) bond motifs is 2. The number of piperidine rings is 1. The SMILES string of the molecule is CC1C2CCC1N(C#N)C2. The van der Waals surface area contributed by atoms with E-state index in [9.17, 15) is 0 Å². The zero-order valence-corrected chi connectivity index (χ0v) is 6.25. The molecule has 0 aromatic heterocycles. The fraction of sp³-hybridized carbons (Fsp3) is 0.875. The highest BCUT2D eigenvalue weighted by molar-refractivity contribution is 5.01. The van der Waals surface area contributed by atoms with Crippen LogP contribution < -0.4 is 0 Å². The van der Waals surface area contributed by atoms with E-state index < -0.39 is 0 Å². The van der Waals surface area contributed by atoms with E-state index in [1.165, 1.54) is 12.8 Å². The quantitative estimate of drug-likeness (QED) is 0.468. The molecule has 2 rings (SSSR count). The molecule has 1 aliphatic carbocycles. The molecule has 1 aliphatic heterocycles. The molecule has 10 heavy (non-hydrogen) atoms. The molecule has 0 radical (unpaired) electrons. The molecule has 3 atom stereocenters. The Morgan fingerprint density at radius 1 is 1.50 bits per heavy atom. The van der Waals surface area contributed by atoms with Crippen molar-refractivity contribution in [1.82, 2.24) is 4.90 Å². The van der Waals surface area contributed by atoms with Crippen molar-refractivity contribution in [2.75, 3.05) is 6.54 Å². The summed E-state index contributed by atoms with van der Waals surface area (Å²) in [6.45, 7) is 3.31. The van der Waals surface area contributed by atoms with Crippen LogP contribution in [-0.2, 0) is 0 Å². The van der Waals surface area contributed by atoms with Gasteiger partial charge in [-0.3, -0.25) is 0 Å². The summed E-state index contributed by atoms with van der Waals surface area (Å²) in [4.78, 5) is 1.96. The Labute approximate surface area is 61.4 Å². The highest BCUT2D eigenvalue weighted by Gasteiger charge is 2.43. The molecule has 3 unspecified atom stereocenters. The molecule has 0 spiro atoms. The number of nitrogens with zero attached hydrogens (tertiary/aromatic N) is 2. The average molecular weight is 136 g/mol. The largest absolute Gasteiger partial charge is 0.307 e. The Bertz CT molecular complexity index is 182. The topological polar surface area (TPSA) is 27.0 Å². The van der Waals surface area contributed by atoms with Crippen LogP contribution >= 0.6 is 0 Å². The lowest BCUT2D eigenvalue weighted by atomic mass is 10.0. The van der Waals surface area contributed by atoms with Crippen LogP contribution in [0.4, 0.5) is 0 Å². The molecule has 2 bridgehead atoms. The van der Waals surface area contributed by atoms with Crippen molar-refractivity contribution >= 4 is 0 Å². The second-order valence-electron chi connectivity index (χ2n) is 3.52. The van der Waals surface area contributed by atoms with Crippen molar-refractivity contribution in [3.8, 4) is 6.19 Å². The molecule has 54 valence electrons. The normalized spacial score (nSPS) is 44.0. The van der Waals surface area contributed by atoms with Crippen molar-refractivity contribution in [3.05, 3.63) is 0 Å². The molecule has 0 aromatic carbocycles. The predicted molar refractivity (Wildman–Crippen MR) is 38.0 cm³/mol. The minimum absolute atomic E-state index is 0.593. The number of likely N-dealkylation sites (tertiary alicyclic amines) is 1. The first-order valence-electron chi connectivity index (χ1n) is 3.99. The van der Waals surface area contributed by atoms with Crippen molar-refractivity contribution in [2.45, 2.75) is 25.8 Å². The summed E-state index contributed by atoms with van der Waals surface area (Å²) in [7, 11) is 0. The average Bonchev–Trinajstić information content (AvgIpc) is 2.46. The highest BCUT2D eigenvalue weighted by Crippen LogP contribution is 2.41. The molecule has 2 fully saturated rings. The lowest BCUT2D eigenvalue weighted by molar-refractivity contribution is 0.301.